The van der Waals surface area contributed by atoms with Crippen molar-refractivity contribution < 1.29 is 9.72 Å². The standard InChI is InChI=1S/C16H17N3O3/c1-11-7-8-14(15(9-11)19(21)22)18-16(20)10-17-13-6-4-3-5-12(13)2/h3-9,17H,10H2,1-2H3,(H,18,20). The summed E-state index contributed by atoms with van der Waals surface area (Å²) in [6.07, 6.45) is 0. The quantitative estimate of drug-likeness (QED) is 0.655. The van der Waals surface area contributed by atoms with Crippen molar-refractivity contribution in [1.29, 1.82) is 0 Å². The lowest BCUT2D eigenvalue weighted by Crippen LogP contribution is -2.22. The number of nitro benzene ring substituents is 1. The summed E-state index contributed by atoms with van der Waals surface area (Å²) in [4.78, 5) is 22.5. The molecule has 0 heterocycles. The molecule has 0 atom stereocenters. The highest BCUT2D eigenvalue weighted by Crippen LogP contribution is 2.25. The number of para-hydroxylation sites is 1. The van der Waals surface area contributed by atoms with Crippen LogP contribution in [0.5, 0.6) is 0 Å². The first-order valence-electron chi connectivity index (χ1n) is 6.82. The van der Waals surface area contributed by atoms with Crippen molar-refractivity contribution in [3.8, 4) is 0 Å². The average molecular weight is 299 g/mol. The molecule has 0 aromatic heterocycles. The van der Waals surface area contributed by atoms with Gasteiger partial charge < -0.3 is 10.6 Å². The van der Waals surface area contributed by atoms with Gasteiger partial charge in [0.15, 0.2) is 0 Å². The van der Waals surface area contributed by atoms with Crippen LogP contribution in [-0.2, 0) is 4.79 Å². The molecule has 114 valence electrons. The summed E-state index contributed by atoms with van der Waals surface area (Å²) < 4.78 is 0. The summed E-state index contributed by atoms with van der Waals surface area (Å²) in [5.41, 5.74) is 2.74. The summed E-state index contributed by atoms with van der Waals surface area (Å²) >= 11 is 0. The van der Waals surface area contributed by atoms with Crippen LogP contribution in [0.4, 0.5) is 17.1 Å². The van der Waals surface area contributed by atoms with Gasteiger partial charge in [0.25, 0.3) is 5.69 Å². The van der Waals surface area contributed by atoms with Crippen LogP contribution in [0.1, 0.15) is 11.1 Å². The second-order valence-corrected chi connectivity index (χ2v) is 4.99. The number of anilines is 2. The third kappa shape index (κ3) is 3.82. The number of nitrogens with zero attached hydrogens (tertiary/aromatic N) is 1. The first-order chi connectivity index (χ1) is 10.5. The maximum Gasteiger partial charge on any atom is 0.293 e. The van der Waals surface area contributed by atoms with Gasteiger partial charge in [0.05, 0.1) is 11.5 Å². The van der Waals surface area contributed by atoms with Gasteiger partial charge in [-0.15, -0.1) is 0 Å². The number of hydrogen-bond acceptors (Lipinski definition) is 4. The van der Waals surface area contributed by atoms with E-state index in [-0.39, 0.29) is 23.8 Å². The second kappa shape index (κ2) is 6.71. The van der Waals surface area contributed by atoms with E-state index >= 15 is 0 Å². The molecule has 0 unspecified atom stereocenters. The Kier molecular flexibility index (Phi) is 4.73. The lowest BCUT2D eigenvalue weighted by atomic mass is 10.2. The molecular formula is C16H17N3O3. The van der Waals surface area contributed by atoms with Gasteiger partial charge in [-0.05, 0) is 37.1 Å². The van der Waals surface area contributed by atoms with Crippen LogP contribution in [0.2, 0.25) is 0 Å². The number of benzene rings is 2. The predicted octanol–water partition coefficient (Wildman–Crippen LogP) is 3.26. The Bertz CT molecular complexity index is 714. The fraction of sp³-hybridized carbons (Fsp3) is 0.188. The van der Waals surface area contributed by atoms with Crippen molar-refractivity contribution in [3.05, 3.63) is 63.7 Å². The highest BCUT2D eigenvalue weighted by atomic mass is 16.6. The van der Waals surface area contributed by atoms with Gasteiger partial charge in [0, 0.05) is 11.8 Å². The Morgan fingerprint density at radius 1 is 1.14 bits per heavy atom. The Hall–Kier alpha value is -2.89. The molecule has 2 aromatic carbocycles. The molecule has 2 aromatic rings. The van der Waals surface area contributed by atoms with Crippen LogP contribution in [-0.4, -0.2) is 17.4 Å². The van der Waals surface area contributed by atoms with Gasteiger partial charge in [0.1, 0.15) is 5.69 Å². The SMILES string of the molecule is Cc1ccc(NC(=O)CNc2ccccc2C)c([N+](=O)[O-])c1. The molecule has 0 fully saturated rings. The normalized spacial score (nSPS) is 10.1. The molecule has 6 heteroatoms. The highest BCUT2D eigenvalue weighted by Gasteiger charge is 2.15. The number of aryl methyl sites for hydroxylation is 2. The van der Waals surface area contributed by atoms with Crippen LogP contribution in [0.3, 0.4) is 0 Å². The summed E-state index contributed by atoms with van der Waals surface area (Å²) in [7, 11) is 0. The minimum absolute atomic E-state index is 0.0376. The Labute approximate surface area is 128 Å². The fourth-order valence-electron chi connectivity index (χ4n) is 2.04. The zero-order valence-corrected chi connectivity index (χ0v) is 12.4. The minimum Gasteiger partial charge on any atom is -0.376 e. The number of carbonyl (C=O) groups is 1. The molecule has 0 radical (unpaired) electrons. The van der Waals surface area contributed by atoms with Gasteiger partial charge in [-0.2, -0.15) is 0 Å². The van der Waals surface area contributed by atoms with Crippen molar-refractivity contribution in [2.45, 2.75) is 13.8 Å². The Morgan fingerprint density at radius 2 is 1.86 bits per heavy atom. The van der Waals surface area contributed by atoms with E-state index in [1.165, 1.54) is 6.07 Å². The summed E-state index contributed by atoms with van der Waals surface area (Å²) in [5.74, 6) is -0.338. The van der Waals surface area contributed by atoms with Crippen LogP contribution in [0.25, 0.3) is 0 Å². The maximum absolute atomic E-state index is 12.0. The van der Waals surface area contributed by atoms with E-state index in [4.69, 9.17) is 0 Å². The number of rotatable bonds is 5. The van der Waals surface area contributed by atoms with E-state index in [1.54, 1.807) is 19.1 Å². The lowest BCUT2D eigenvalue weighted by molar-refractivity contribution is -0.384. The molecule has 0 bridgehead atoms. The zero-order valence-electron chi connectivity index (χ0n) is 12.4. The smallest absolute Gasteiger partial charge is 0.293 e. The van der Waals surface area contributed by atoms with Gasteiger partial charge in [0.2, 0.25) is 5.91 Å². The van der Waals surface area contributed by atoms with E-state index in [2.05, 4.69) is 10.6 Å². The van der Waals surface area contributed by atoms with Crippen LogP contribution >= 0.6 is 0 Å². The molecular weight excluding hydrogens is 282 g/mol. The fourth-order valence-corrected chi connectivity index (χ4v) is 2.04. The third-order valence-corrected chi connectivity index (χ3v) is 3.21. The molecule has 0 aliphatic heterocycles. The van der Waals surface area contributed by atoms with Crippen molar-refractivity contribution >= 4 is 23.0 Å². The summed E-state index contributed by atoms with van der Waals surface area (Å²) in [5, 5.41) is 16.6. The second-order valence-electron chi connectivity index (χ2n) is 4.99. The molecule has 0 spiro atoms. The molecule has 22 heavy (non-hydrogen) atoms. The molecule has 1 amide bonds. The Balaban J connectivity index is 2.04. The van der Waals surface area contributed by atoms with Gasteiger partial charge >= 0.3 is 0 Å². The molecule has 2 rings (SSSR count). The zero-order chi connectivity index (χ0) is 16.1. The lowest BCUT2D eigenvalue weighted by Gasteiger charge is -2.10. The van der Waals surface area contributed by atoms with E-state index in [0.717, 1.165) is 16.8 Å². The summed E-state index contributed by atoms with van der Waals surface area (Å²) in [6, 6.07) is 12.3. The minimum atomic E-state index is -0.503. The largest absolute Gasteiger partial charge is 0.376 e. The van der Waals surface area contributed by atoms with Gasteiger partial charge in [-0.3, -0.25) is 14.9 Å². The van der Waals surface area contributed by atoms with Crippen LogP contribution in [0.15, 0.2) is 42.5 Å². The predicted molar refractivity (Wildman–Crippen MR) is 86.1 cm³/mol. The van der Waals surface area contributed by atoms with E-state index in [9.17, 15) is 14.9 Å². The number of nitrogens with one attached hydrogen (secondary N) is 2. The highest BCUT2D eigenvalue weighted by molar-refractivity contribution is 5.95. The summed E-state index contributed by atoms with van der Waals surface area (Å²) in [6.45, 7) is 3.74. The van der Waals surface area contributed by atoms with E-state index < -0.39 is 4.92 Å². The number of carbonyl (C=O) groups excluding carboxylic acids is 1. The number of amides is 1. The van der Waals surface area contributed by atoms with E-state index in [0.29, 0.717) is 0 Å². The van der Waals surface area contributed by atoms with Crippen molar-refractivity contribution in [3.63, 3.8) is 0 Å². The molecule has 6 nitrogen and oxygen atoms in total. The maximum atomic E-state index is 12.0. The molecule has 0 saturated heterocycles. The number of nitro groups is 1. The first kappa shape index (κ1) is 15.5. The van der Waals surface area contributed by atoms with Crippen molar-refractivity contribution in [1.82, 2.24) is 0 Å². The van der Waals surface area contributed by atoms with Crippen molar-refractivity contribution in [2.75, 3.05) is 17.2 Å². The molecule has 0 aliphatic rings. The van der Waals surface area contributed by atoms with Crippen LogP contribution in [0, 0.1) is 24.0 Å². The Morgan fingerprint density at radius 3 is 2.55 bits per heavy atom. The topological polar surface area (TPSA) is 84.3 Å². The van der Waals surface area contributed by atoms with Gasteiger partial charge in [-0.25, -0.2) is 0 Å². The average Bonchev–Trinajstić information content (AvgIpc) is 2.48. The van der Waals surface area contributed by atoms with Crippen LogP contribution < -0.4 is 10.6 Å². The van der Waals surface area contributed by atoms with E-state index in [1.807, 2.05) is 31.2 Å². The third-order valence-electron chi connectivity index (χ3n) is 3.21. The van der Waals surface area contributed by atoms with Crippen molar-refractivity contribution in [2.24, 2.45) is 0 Å². The monoisotopic (exact) mass is 299 g/mol. The molecule has 0 saturated carbocycles. The number of hydrogen-bond donors (Lipinski definition) is 2. The molecule has 2 N–H and O–H groups in total. The molecule has 0 aliphatic carbocycles. The first-order valence-corrected chi connectivity index (χ1v) is 6.82. The van der Waals surface area contributed by atoms with Gasteiger partial charge in [-0.1, -0.05) is 24.3 Å².